The van der Waals surface area contributed by atoms with Crippen molar-refractivity contribution in [2.75, 3.05) is 39.5 Å². The van der Waals surface area contributed by atoms with Gasteiger partial charge in [0.25, 0.3) is 11.1 Å². The maximum atomic E-state index is 12.8. The molecule has 0 aromatic heterocycles. The number of imide groups is 1. The molecule has 3 amide bonds. The quantitative estimate of drug-likeness (QED) is 0.521. The van der Waals surface area contributed by atoms with Gasteiger partial charge in [-0.1, -0.05) is 18.5 Å². The van der Waals surface area contributed by atoms with Crippen LogP contribution in [-0.2, 0) is 14.3 Å². The number of rotatable bonds is 8. The van der Waals surface area contributed by atoms with Gasteiger partial charge in [0.05, 0.1) is 35.9 Å². The summed E-state index contributed by atoms with van der Waals surface area (Å²) < 4.78 is 16.8. The molecule has 2 fully saturated rings. The fourth-order valence-corrected chi connectivity index (χ4v) is 4.27. The summed E-state index contributed by atoms with van der Waals surface area (Å²) in [5, 5.41) is -0.125. The van der Waals surface area contributed by atoms with Crippen LogP contribution in [0, 0.1) is 0 Å². The molecule has 2 aliphatic rings. The number of ether oxygens (including phenoxy) is 3. The van der Waals surface area contributed by atoms with Crippen LogP contribution in [0.3, 0.4) is 0 Å². The molecule has 2 saturated heterocycles. The molecule has 174 valence electrons. The van der Waals surface area contributed by atoms with Crippen LogP contribution in [0.1, 0.15) is 32.8 Å². The molecule has 3 rings (SSSR count). The molecule has 10 heteroatoms. The van der Waals surface area contributed by atoms with Crippen molar-refractivity contribution in [2.24, 2.45) is 0 Å². The number of amides is 3. The van der Waals surface area contributed by atoms with Crippen LogP contribution < -0.4 is 9.47 Å². The van der Waals surface area contributed by atoms with E-state index in [1.54, 1.807) is 23.1 Å². The summed E-state index contributed by atoms with van der Waals surface area (Å²) in [6.07, 6.45) is 2.34. The van der Waals surface area contributed by atoms with Gasteiger partial charge in [0.2, 0.25) is 5.91 Å². The molecule has 1 aromatic rings. The Morgan fingerprint density at radius 3 is 2.66 bits per heavy atom. The molecule has 0 saturated carbocycles. The lowest BCUT2D eigenvalue weighted by molar-refractivity contribution is -0.139. The van der Waals surface area contributed by atoms with E-state index in [2.05, 4.69) is 0 Å². The van der Waals surface area contributed by atoms with E-state index in [9.17, 15) is 14.4 Å². The first-order valence-corrected chi connectivity index (χ1v) is 11.8. The fourth-order valence-electron chi connectivity index (χ4n) is 3.17. The van der Waals surface area contributed by atoms with Crippen LogP contribution >= 0.6 is 23.4 Å². The minimum Gasteiger partial charge on any atom is -0.490 e. The Hall–Kier alpha value is -2.23. The molecule has 32 heavy (non-hydrogen) atoms. The fraction of sp³-hybridized carbons (Fsp3) is 0.500. The first kappa shape index (κ1) is 24.4. The van der Waals surface area contributed by atoms with Crippen molar-refractivity contribution in [3.8, 4) is 11.5 Å². The zero-order chi connectivity index (χ0) is 23.3. The Kier molecular flexibility index (Phi) is 8.44. The maximum Gasteiger partial charge on any atom is 0.294 e. The van der Waals surface area contributed by atoms with Crippen molar-refractivity contribution in [1.82, 2.24) is 9.80 Å². The van der Waals surface area contributed by atoms with Gasteiger partial charge in [-0.2, -0.15) is 0 Å². The summed E-state index contributed by atoms with van der Waals surface area (Å²) in [4.78, 5) is 40.5. The number of carbonyl (C=O) groups is 3. The topological polar surface area (TPSA) is 85.4 Å². The number of hydrogen-bond donors (Lipinski definition) is 0. The summed E-state index contributed by atoms with van der Waals surface area (Å²) in [5.41, 5.74) is 0.597. The van der Waals surface area contributed by atoms with Gasteiger partial charge < -0.3 is 19.1 Å². The Morgan fingerprint density at radius 2 is 2.00 bits per heavy atom. The van der Waals surface area contributed by atoms with E-state index in [-0.39, 0.29) is 23.5 Å². The average molecular weight is 483 g/mol. The number of nitrogens with zero attached hydrogens (tertiary/aromatic N) is 2. The van der Waals surface area contributed by atoms with Gasteiger partial charge >= 0.3 is 0 Å². The number of morpholine rings is 1. The molecule has 0 aliphatic carbocycles. The molecule has 2 aliphatic heterocycles. The zero-order valence-corrected chi connectivity index (χ0v) is 20.0. The van der Waals surface area contributed by atoms with Crippen LogP contribution in [0.15, 0.2) is 17.0 Å². The average Bonchev–Trinajstić information content (AvgIpc) is 3.04. The zero-order valence-electron chi connectivity index (χ0n) is 18.4. The minimum atomic E-state index is -0.504. The van der Waals surface area contributed by atoms with Crippen molar-refractivity contribution in [2.45, 2.75) is 33.3 Å². The first-order valence-electron chi connectivity index (χ1n) is 10.6. The number of hydrogen-bond acceptors (Lipinski definition) is 7. The third-order valence-corrected chi connectivity index (χ3v) is 6.24. The summed E-state index contributed by atoms with van der Waals surface area (Å²) in [5.74, 6) is 0.137. The van der Waals surface area contributed by atoms with Gasteiger partial charge in [-0.3, -0.25) is 19.3 Å². The Balaban J connectivity index is 1.79. The van der Waals surface area contributed by atoms with E-state index < -0.39 is 11.1 Å². The van der Waals surface area contributed by atoms with Crippen molar-refractivity contribution in [1.29, 1.82) is 0 Å². The molecule has 1 atom stereocenters. The van der Waals surface area contributed by atoms with Crippen molar-refractivity contribution in [3.05, 3.63) is 27.6 Å². The lowest BCUT2D eigenvalue weighted by Crippen LogP contribution is -2.46. The number of carbonyl (C=O) groups excluding carboxylic acids is 3. The predicted octanol–water partition coefficient (Wildman–Crippen LogP) is 3.81. The van der Waals surface area contributed by atoms with E-state index in [0.717, 1.165) is 23.1 Å². The first-order chi connectivity index (χ1) is 15.3. The minimum absolute atomic E-state index is 0.0435. The second-order valence-corrected chi connectivity index (χ2v) is 8.76. The van der Waals surface area contributed by atoms with Gasteiger partial charge in [-0.25, -0.2) is 0 Å². The second-order valence-electron chi connectivity index (χ2n) is 7.36. The van der Waals surface area contributed by atoms with E-state index in [1.807, 2.05) is 20.8 Å². The number of halogens is 1. The molecule has 0 bridgehead atoms. The standard InChI is InChI=1S/C22H27ClN2O6S/c1-4-14(3)31-20-16(23)10-15(11-17(20)30-5-2)12-18-21(27)25(22(28)32-18)13-19(26)24-6-8-29-9-7-24/h10-12,14H,4-9,13H2,1-3H3/b18-12+/t14-/m1/s1. The van der Waals surface area contributed by atoms with E-state index >= 15 is 0 Å². The maximum absolute atomic E-state index is 12.8. The molecule has 2 heterocycles. The largest absolute Gasteiger partial charge is 0.490 e. The molecular formula is C22H27ClN2O6S. The molecule has 1 aromatic carbocycles. The molecule has 8 nitrogen and oxygen atoms in total. The summed E-state index contributed by atoms with van der Waals surface area (Å²) in [6.45, 7) is 7.74. The highest BCUT2D eigenvalue weighted by molar-refractivity contribution is 8.18. The Labute approximate surface area is 196 Å². The molecule has 0 radical (unpaired) electrons. The molecule has 0 N–H and O–H groups in total. The highest BCUT2D eigenvalue weighted by atomic mass is 35.5. The second kappa shape index (κ2) is 11.1. The van der Waals surface area contributed by atoms with Gasteiger partial charge in [0, 0.05) is 13.1 Å². The SMILES string of the molecule is CCOc1cc(/C=C2/SC(=O)N(CC(=O)N3CCOCC3)C2=O)cc(Cl)c1O[C@H](C)CC. The van der Waals surface area contributed by atoms with Crippen LogP contribution in [-0.4, -0.2) is 72.4 Å². The highest BCUT2D eigenvalue weighted by Gasteiger charge is 2.37. The predicted molar refractivity (Wildman–Crippen MR) is 123 cm³/mol. The monoisotopic (exact) mass is 482 g/mol. The summed E-state index contributed by atoms with van der Waals surface area (Å²) >= 11 is 7.24. The van der Waals surface area contributed by atoms with Crippen LogP contribution in [0.4, 0.5) is 4.79 Å². The normalized spacial score (nSPS) is 18.9. The van der Waals surface area contributed by atoms with Crippen molar-refractivity contribution in [3.63, 3.8) is 0 Å². The number of benzene rings is 1. The van der Waals surface area contributed by atoms with Gasteiger partial charge in [-0.15, -0.1) is 0 Å². The van der Waals surface area contributed by atoms with Gasteiger partial charge in [0.15, 0.2) is 11.5 Å². The van der Waals surface area contributed by atoms with Crippen LogP contribution in [0.2, 0.25) is 5.02 Å². The Bertz CT molecular complexity index is 916. The summed E-state index contributed by atoms with van der Waals surface area (Å²) in [6, 6.07) is 3.38. The van der Waals surface area contributed by atoms with Crippen LogP contribution in [0.25, 0.3) is 6.08 Å². The van der Waals surface area contributed by atoms with Gasteiger partial charge in [-0.05, 0) is 55.8 Å². The molecule has 0 spiro atoms. The smallest absolute Gasteiger partial charge is 0.294 e. The molecule has 0 unspecified atom stereocenters. The lowest BCUT2D eigenvalue weighted by Gasteiger charge is -2.28. The van der Waals surface area contributed by atoms with Crippen LogP contribution in [0.5, 0.6) is 11.5 Å². The lowest BCUT2D eigenvalue weighted by atomic mass is 10.1. The Morgan fingerprint density at radius 1 is 1.28 bits per heavy atom. The number of thioether (sulfide) groups is 1. The third kappa shape index (κ3) is 5.76. The van der Waals surface area contributed by atoms with E-state index in [4.69, 9.17) is 25.8 Å². The van der Waals surface area contributed by atoms with Crippen molar-refractivity contribution >= 4 is 46.5 Å². The highest BCUT2D eigenvalue weighted by Crippen LogP contribution is 2.39. The van der Waals surface area contributed by atoms with E-state index in [1.165, 1.54) is 0 Å². The van der Waals surface area contributed by atoms with Crippen molar-refractivity contribution < 1.29 is 28.6 Å². The van der Waals surface area contributed by atoms with Gasteiger partial charge in [0.1, 0.15) is 6.54 Å². The van der Waals surface area contributed by atoms with E-state index in [0.29, 0.717) is 55.0 Å². The summed E-state index contributed by atoms with van der Waals surface area (Å²) in [7, 11) is 0. The third-order valence-electron chi connectivity index (χ3n) is 5.05. The molecular weight excluding hydrogens is 456 g/mol.